The summed E-state index contributed by atoms with van der Waals surface area (Å²) in [7, 11) is 1.56. The lowest BCUT2D eigenvalue weighted by atomic mass is 10.1. The van der Waals surface area contributed by atoms with Crippen molar-refractivity contribution >= 4 is 29.2 Å². The molecule has 0 atom stereocenters. The van der Waals surface area contributed by atoms with Gasteiger partial charge in [-0.1, -0.05) is 6.07 Å². The molecule has 3 aromatic rings. The second-order valence-electron chi connectivity index (χ2n) is 5.73. The van der Waals surface area contributed by atoms with Crippen LogP contribution in [0.1, 0.15) is 25.6 Å². The number of esters is 1. The average molecular weight is 378 g/mol. The lowest BCUT2D eigenvalue weighted by molar-refractivity contribution is 0.0734. The summed E-state index contributed by atoms with van der Waals surface area (Å²) in [6.45, 7) is 0. The van der Waals surface area contributed by atoms with E-state index in [1.54, 1.807) is 55.7 Å². The molecule has 0 saturated heterocycles. The summed E-state index contributed by atoms with van der Waals surface area (Å²) in [5.74, 6) is 0.900. The monoisotopic (exact) mass is 378 g/mol. The van der Waals surface area contributed by atoms with Crippen molar-refractivity contribution in [2.45, 2.75) is 0 Å². The Morgan fingerprint density at radius 1 is 1.07 bits per heavy atom. The number of hydrogen-bond acceptors (Lipinski definition) is 6. The molecule has 0 unspecified atom stereocenters. The Kier molecular flexibility index (Phi) is 4.48. The Bertz CT molecular complexity index is 1030. The van der Waals surface area contributed by atoms with Crippen LogP contribution >= 0.6 is 11.3 Å². The molecule has 2 heterocycles. The Labute approximate surface area is 159 Å². The third-order valence-electron chi connectivity index (χ3n) is 3.99. The normalized spacial score (nSPS) is 14.0. The van der Waals surface area contributed by atoms with Crippen LogP contribution in [0.15, 0.2) is 65.7 Å². The molecule has 134 valence electrons. The van der Waals surface area contributed by atoms with Crippen molar-refractivity contribution in [3.05, 3.63) is 81.7 Å². The molecule has 0 amide bonds. The SMILES string of the molecule is COc1ccc(C(=O)Oc2ccc3c(c2)O/C(=C\c2cccs2)C3=O)cc1. The number of allylic oxidation sites excluding steroid dienone is 1. The van der Waals surface area contributed by atoms with Gasteiger partial charge < -0.3 is 14.2 Å². The van der Waals surface area contributed by atoms with Crippen LogP contribution in [0.25, 0.3) is 6.08 Å². The zero-order chi connectivity index (χ0) is 18.8. The summed E-state index contributed by atoms with van der Waals surface area (Å²) in [6, 6.07) is 15.1. The highest BCUT2D eigenvalue weighted by Crippen LogP contribution is 2.35. The maximum atomic E-state index is 12.4. The predicted molar refractivity (Wildman–Crippen MR) is 102 cm³/mol. The van der Waals surface area contributed by atoms with E-state index in [1.165, 1.54) is 11.3 Å². The van der Waals surface area contributed by atoms with Crippen molar-refractivity contribution in [1.29, 1.82) is 0 Å². The Morgan fingerprint density at radius 2 is 1.85 bits per heavy atom. The molecule has 5 nitrogen and oxygen atoms in total. The minimum atomic E-state index is -0.503. The van der Waals surface area contributed by atoms with E-state index in [0.29, 0.717) is 28.4 Å². The van der Waals surface area contributed by atoms with Crippen LogP contribution in [-0.4, -0.2) is 18.9 Å². The minimum Gasteiger partial charge on any atom is -0.497 e. The molecule has 0 N–H and O–H groups in total. The maximum absolute atomic E-state index is 12.4. The third-order valence-corrected chi connectivity index (χ3v) is 4.81. The summed E-state index contributed by atoms with van der Waals surface area (Å²) in [5.41, 5.74) is 0.841. The number of Topliss-reactive ketones (excluding diaryl/α,β-unsaturated/α-hetero) is 1. The molecule has 1 aliphatic heterocycles. The first-order chi connectivity index (χ1) is 13.1. The number of hydrogen-bond donors (Lipinski definition) is 0. The van der Waals surface area contributed by atoms with Gasteiger partial charge in [0.2, 0.25) is 5.78 Å². The molecule has 0 bridgehead atoms. The number of thiophene rings is 1. The molecular formula is C21H14O5S. The molecule has 2 aromatic carbocycles. The quantitative estimate of drug-likeness (QED) is 0.377. The summed E-state index contributed by atoms with van der Waals surface area (Å²) >= 11 is 1.52. The molecular weight excluding hydrogens is 364 g/mol. The highest BCUT2D eigenvalue weighted by atomic mass is 32.1. The van der Waals surface area contributed by atoms with E-state index in [4.69, 9.17) is 14.2 Å². The van der Waals surface area contributed by atoms with E-state index in [0.717, 1.165) is 4.88 Å². The average Bonchev–Trinajstić information content (AvgIpc) is 3.30. The largest absolute Gasteiger partial charge is 0.497 e. The minimum absolute atomic E-state index is 0.188. The smallest absolute Gasteiger partial charge is 0.343 e. The Balaban J connectivity index is 1.52. The lowest BCUT2D eigenvalue weighted by Crippen LogP contribution is -2.08. The highest BCUT2D eigenvalue weighted by molar-refractivity contribution is 7.10. The highest BCUT2D eigenvalue weighted by Gasteiger charge is 2.28. The first-order valence-corrected chi connectivity index (χ1v) is 9.00. The van der Waals surface area contributed by atoms with Gasteiger partial charge in [0, 0.05) is 17.0 Å². The standard InChI is InChI=1S/C21H14O5S/c1-24-14-6-4-13(5-7-14)21(23)25-15-8-9-17-18(11-15)26-19(20(17)22)12-16-3-2-10-27-16/h2-12H,1H3/b19-12-. The number of fused-ring (bicyclic) bond motifs is 1. The zero-order valence-electron chi connectivity index (χ0n) is 14.3. The van der Waals surface area contributed by atoms with Crippen molar-refractivity contribution < 1.29 is 23.8 Å². The van der Waals surface area contributed by atoms with Crippen molar-refractivity contribution in [3.63, 3.8) is 0 Å². The number of carbonyl (C=O) groups excluding carboxylic acids is 2. The van der Waals surface area contributed by atoms with Gasteiger partial charge in [0.05, 0.1) is 18.2 Å². The second-order valence-corrected chi connectivity index (χ2v) is 6.71. The van der Waals surface area contributed by atoms with Gasteiger partial charge in [-0.2, -0.15) is 0 Å². The van der Waals surface area contributed by atoms with Gasteiger partial charge in [0.15, 0.2) is 5.76 Å². The van der Waals surface area contributed by atoms with Crippen LogP contribution < -0.4 is 14.2 Å². The van der Waals surface area contributed by atoms with E-state index in [2.05, 4.69) is 0 Å². The molecule has 1 aliphatic rings. The first kappa shape index (κ1) is 17.1. The fourth-order valence-corrected chi connectivity index (χ4v) is 3.27. The zero-order valence-corrected chi connectivity index (χ0v) is 15.1. The van der Waals surface area contributed by atoms with Crippen molar-refractivity contribution in [1.82, 2.24) is 0 Å². The molecule has 0 aliphatic carbocycles. The van der Waals surface area contributed by atoms with Crippen molar-refractivity contribution in [2.75, 3.05) is 7.11 Å². The molecule has 0 spiro atoms. The molecule has 0 fully saturated rings. The van der Waals surface area contributed by atoms with E-state index in [-0.39, 0.29) is 11.5 Å². The van der Waals surface area contributed by atoms with Gasteiger partial charge in [0.25, 0.3) is 0 Å². The second kappa shape index (κ2) is 7.09. The van der Waals surface area contributed by atoms with Gasteiger partial charge >= 0.3 is 5.97 Å². The van der Waals surface area contributed by atoms with Gasteiger partial charge in [-0.15, -0.1) is 11.3 Å². The van der Waals surface area contributed by atoms with E-state index in [9.17, 15) is 9.59 Å². The summed E-state index contributed by atoms with van der Waals surface area (Å²) in [6.07, 6.45) is 1.70. The number of carbonyl (C=O) groups is 2. The number of rotatable bonds is 4. The van der Waals surface area contributed by atoms with Crippen LogP contribution in [0.2, 0.25) is 0 Å². The van der Waals surface area contributed by atoms with Crippen LogP contribution in [0.4, 0.5) is 0 Å². The Morgan fingerprint density at radius 3 is 2.56 bits per heavy atom. The van der Waals surface area contributed by atoms with Gasteiger partial charge in [-0.05, 0) is 47.8 Å². The predicted octanol–water partition coefficient (Wildman–Crippen LogP) is 4.59. The topological polar surface area (TPSA) is 61.8 Å². The third kappa shape index (κ3) is 3.47. The van der Waals surface area contributed by atoms with Crippen LogP contribution in [0.3, 0.4) is 0 Å². The van der Waals surface area contributed by atoms with Crippen LogP contribution in [-0.2, 0) is 0 Å². The fourth-order valence-electron chi connectivity index (χ4n) is 2.63. The number of benzene rings is 2. The molecule has 0 radical (unpaired) electrons. The van der Waals surface area contributed by atoms with E-state index in [1.807, 2.05) is 17.5 Å². The summed E-state index contributed by atoms with van der Waals surface area (Å²) < 4.78 is 16.1. The number of ketones is 1. The van der Waals surface area contributed by atoms with Crippen molar-refractivity contribution in [2.24, 2.45) is 0 Å². The molecule has 4 rings (SSSR count). The molecule has 27 heavy (non-hydrogen) atoms. The van der Waals surface area contributed by atoms with E-state index < -0.39 is 5.97 Å². The first-order valence-electron chi connectivity index (χ1n) is 8.12. The number of ether oxygens (including phenoxy) is 3. The van der Waals surface area contributed by atoms with Gasteiger partial charge in [-0.3, -0.25) is 4.79 Å². The van der Waals surface area contributed by atoms with Gasteiger partial charge in [0.1, 0.15) is 17.2 Å². The maximum Gasteiger partial charge on any atom is 0.343 e. The van der Waals surface area contributed by atoms with E-state index >= 15 is 0 Å². The Hall–Kier alpha value is -3.38. The molecule has 1 aromatic heterocycles. The summed E-state index contributed by atoms with van der Waals surface area (Å²) in [4.78, 5) is 25.6. The van der Waals surface area contributed by atoms with Crippen molar-refractivity contribution in [3.8, 4) is 17.2 Å². The molecule has 6 heteroatoms. The number of methoxy groups -OCH3 is 1. The molecule has 0 saturated carbocycles. The fraction of sp³-hybridized carbons (Fsp3) is 0.0476. The van der Waals surface area contributed by atoms with Crippen LogP contribution in [0.5, 0.6) is 17.2 Å². The van der Waals surface area contributed by atoms with Crippen LogP contribution in [0, 0.1) is 0 Å². The van der Waals surface area contributed by atoms with Gasteiger partial charge in [-0.25, -0.2) is 4.79 Å². The lowest BCUT2D eigenvalue weighted by Gasteiger charge is -2.06. The summed E-state index contributed by atoms with van der Waals surface area (Å²) in [5, 5.41) is 1.93.